The molecule has 7 heteroatoms. The van der Waals surface area contributed by atoms with E-state index in [2.05, 4.69) is 6.92 Å². The average molecular weight is 433 g/mol. The minimum Gasteiger partial charge on any atom is -0.458 e. The Morgan fingerprint density at radius 1 is 1.23 bits per heavy atom. The van der Waals surface area contributed by atoms with Crippen molar-refractivity contribution in [3.05, 3.63) is 23.8 Å². The lowest BCUT2D eigenvalue weighted by atomic mass is 9.46. The molecule has 0 amide bonds. The summed E-state index contributed by atoms with van der Waals surface area (Å²) in [5, 5.41) is 22.2. The van der Waals surface area contributed by atoms with E-state index in [0.717, 1.165) is 12.8 Å². The van der Waals surface area contributed by atoms with Crippen LogP contribution in [0.4, 0.5) is 0 Å². The van der Waals surface area contributed by atoms with Gasteiger partial charge >= 0.3 is 5.97 Å². The van der Waals surface area contributed by atoms with E-state index in [-0.39, 0.29) is 42.0 Å². The first-order valence-corrected chi connectivity index (χ1v) is 11.0. The molecular formula is C24H32O7. The number of aliphatic hydroxyl groups is 2. The molecule has 3 fully saturated rings. The monoisotopic (exact) mass is 432 g/mol. The molecule has 0 saturated heterocycles. The number of hydrogen-bond donors (Lipinski definition) is 2. The highest BCUT2D eigenvalue weighted by Crippen LogP contribution is 2.66. The fourth-order valence-electron chi connectivity index (χ4n) is 7.28. The number of carbonyl (C=O) groups is 3. The Bertz CT molecular complexity index is 860. The lowest BCUT2D eigenvalue weighted by molar-refractivity contribution is -0.155. The Kier molecular flexibility index (Phi) is 5.51. The number of aliphatic hydroxyl groups excluding tert-OH is 2. The summed E-state index contributed by atoms with van der Waals surface area (Å²) in [7, 11) is 1.58. The third-order valence-electron chi connectivity index (χ3n) is 8.73. The number of carbonyl (C=O) groups excluding carboxylic acids is 3. The van der Waals surface area contributed by atoms with Gasteiger partial charge in [-0.1, -0.05) is 19.9 Å². The van der Waals surface area contributed by atoms with Crippen molar-refractivity contribution in [1.29, 1.82) is 0 Å². The summed E-state index contributed by atoms with van der Waals surface area (Å²) in [6.45, 7) is 5.09. The molecule has 4 aliphatic carbocycles. The predicted molar refractivity (Wildman–Crippen MR) is 111 cm³/mol. The lowest BCUT2D eigenvalue weighted by Crippen LogP contribution is -2.60. The minimum absolute atomic E-state index is 0.0411. The maximum atomic E-state index is 13.1. The molecule has 0 heterocycles. The van der Waals surface area contributed by atoms with Gasteiger partial charge in [0, 0.05) is 19.4 Å². The number of rotatable bonds is 4. The highest BCUT2D eigenvalue weighted by atomic mass is 16.5. The SMILES string of the molecule is COC1C[C@H]2[C@@H]3C(O)C(O)C4=CC(=O)C=C[C@]4(C)[C@H]3CC[C@]2(C)[C@H]1C(=O)COC(C)=O. The van der Waals surface area contributed by atoms with Crippen LogP contribution in [0.3, 0.4) is 0 Å². The summed E-state index contributed by atoms with van der Waals surface area (Å²) >= 11 is 0. The van der Waals surface area contributed by atoms with Gasteiger partial charge in [-0.3, -0.25) is 14.4 Å². The van der Waals surface area contributed by atoms with Gasteiger partial charge in [-0.05, 0) is 60.2 Å². The number of allylic oxidation sites excluding steroid dienone is 3. The van der Waals surface area contributed by atoms with Gasteiger partial charge in [-0.25, -0.2) is 0 Å². The number of fused-ring (bicyclic) bond motifs is 5. The maximum Gasteiger partial charge on any atom is 0.303 e. The molecule has 0 radical (unpaired) electrons. The molecule has 170 valence electrons. The first-order valence-electron chi connectivity index (χ1n) is 11.0. The van der Waals surface area contributed by atoms with E-state index in [1.807, 2.05) is 13.0 Å². The van der Waals surface area contributed by atoms with Crippen molar-refractivity contribution in [3.8, 4) is 0 Å². The Balaban J connectivity index is 1.70. The van der Waals surface area contributed by atoms with Gasteiger partial charge in [0.25, 0.3) is 0 Å². The molecule has 31 heavy (non-hydrogen) atoms. The van der Waals surface area contributed by atoms with Crippen LogP contribution in [0.15, 0.2) is 23.8 Å². The molecule has 7 nitrogen and oxygen atoms in total. The molecule has 0 aliphatic heterocycles. The van der Waals surface area contributed by atoms with E-state index in [1.54, 1.807) is 13.2 Å². The minimum atomic E-state index is -1.13. The molecule has 0 aromatic carbocycles. The number of hydrogen-bond acceptors (Lipinski definition) is 7. The normalized spacial score (nSPS) is 45.9. The first-order chi connectivity index (χ1) is 14.5. The molecule has 0 spiro atoms. The Morgan fingerprint density at radius 2 is 1.94 bits per heavy atom. The quantitative estimate of drug-likeness (QED) is 0.650. The van der Waals surface area contributed by atoms with E-state index in [0.29, 0.717) is 12.0 Å². The van der Waals surface area contributed by atoms with Gasteiger partial charge in [0.15, 0.2) is 11.6 Å². The third-order valence-corrected chi connectivity index (χ3v) is 8.73. The molecule has 3 unspecified atom stereocenters. The molecule has 2 N–H and O–H groups in total. The lowest BCUT2D eigenvalue weighted by Gasteiger charge is -2.59. The molecule has 4 rings (SSSR count). The second-order valence-electron chi connectivity index (χ2n) is 10.1. The number of esters is 1. The van der Waals surface area contributed by atoms with Crippen molar-refractivity contribution in [3.63, 3.8) is 0 Å². The largest absolute Gasteiger partial charge is 0.458 e. The highest BCUT2D eigenvalue weighted by molar-refractivity contribution is 6.01. The fourth-order valence-corrected chi connectivity index (χ4v) is 7.28. The van der Waals surface area contributed by atoms with Crippen molar-refractivity contribution in [2.45, 2.75) is 58.3 Å². The van der Waals surface area contributed by atoms with Gasteiger partial charge in [-0.2, -0.15) is 0 Å². The van der Waals surface area contributed by atoms with Crippen molar-refractivity contribution in [2.24, 2.45) is 34.5 Å². The summed E-state index contributed by atoms with van der Waals surface area (Å²) in [4.78, 5) is 36.3. The Morgan fingerprint density at radius 3 is 2.58 bits per heavy atom. The molecular weight excluding hydrogens is 400 g/mol. The van der Waals surface area contributed by atoms with Gasteiger partial charge in [0.1, 0.15) is 12.7 Å². The van der Waals surface area contributed by atoms with Crippen LogP contribution >= 0.6 is 0 Å². The molecule has 0 aromatic rings. The van der Waals surface area contributed by atoms with Crippen molar-refractivity contribution >= 4 is 17.5 Å². The summed E-state index contributed by atoms with van der Waals surface area (Å²) in [6, 6.07) is 0. The van der Waals surface area contributed by atoms with E-state index in [4.69, 9.17) is 9.47 Å². The second kappa shape index (κ2) is 7.64. The number of ether oxygens (including phenoxy) is 2. The second-order valence-corrected chi connectivity index (χ2v) is 10.1. The highest BCUT2D eigenvalue weighted by Gasteiger charge is 2.66. The van der Waals surface area contributed by atoms with Crippen LogP contribution in [0.25, 0.3) is 0 Å². The summed E-state index contributed by atoms with van der Waals surface area (Å²) < 4.78 is 10.7. The van der Waals surface area contributed by atoms with Crippen LogP contribution in [0.5, 0.6) is 0 Å². The average Bonchev–Trinajstić information content (AvgIpc) is 3.03. The molecule has 3 saturated carbocycles. The first kappa shape index (κ1) is 22.4. The smallest absolute Gasteiger partial charge is 0.303 e. The Labute approximate surface area is 182 Å². The maximum absolute atomic E-state index is 13.1. The van der Waals surface area contributed by atoms with Crippen molar-refractivity contribution < 1.29 is 34.1 Å². The zero-order valence-corrected chi connectivity index (χ0v) is 18.5. The Hall–Kier alpha value is -1.83. The zero-order valence-electron chi connectivity index (χ0n) is 18.5. The van der Waals surface area contributed by atoms with Gasteiger partial charge in [0.2, 0.25) is 0 Å². The fraction of sp³-hybridized carbons (Fsp3) is 0.708. The zero-order chi connectivity index (χ0) is 22.7. The van der Waals surface area contributed by atoms with Crippen LogP contribution in [0.1, 0.15) is 40.0 Å². The van der Waals surface area contributed by atoms with E-state index in [9.17, 15) is 24.6 Å². The van der Waals surface area contributed by atoms with Crippen molar-refractivity contribution in [1.82, 2.24) is 0 Å². The van der Waals surface area contributed by atoms with Crippen LogP contribution in [-0.4, -0.2) is 59.8 Å². The van der Waals surface area contributed by atoms with Crippen LogP contribution < -0.4 is 0 Å². The molecule has 0 aromatic heterocycles. The predicted octanol–water partition coefficient (Wildman–Crippen LogP) is 1.61. The molecule has 4 aliphatic rings. The number of Topliss-reactive ketones (excluding diaryl/α,β-unsaturated/α-hetero) is 1. The van der Waals surface area contributed by atoms with Crippen LogP contribution in [0.2, 0.25) is 0 Å². The van der Waals surface area contributed by atoms with Gasteiger partial charge in [-0.15, -0.1) is 0 Å². The summed E-state index contributed by atoms with van der Waals surface area (Å²) in [5.74, 6) is -1.52. The van der Waals surface area contributed by atoms with Crippen molar-refractivity contribution in [2.75, 3.05) is 13.7 Å². The van der Waals surface area contributed by atoms with Gasteiger partial charge < -0.3 is 19.7 Å². The molecule has 0 bridgehead atoms. The third kappa shape index (κ3) is 3.24. The van der Waals surface area contributed by atoms with Gasteiger partial charge in [0.05, 0.1) is 18.1 Å². The number of ketones is 2. The summed E-state index contributed by atoms with van der Waals surface area (Å²) in [6.07, 6.45) is 4.51. The van der Waals surface area contributed by atoms with E-state index < -0.39 is 34.9 Å². The topological polar surface area (TPSA) is 110 Å². The van der Waals surface area contributed by atoms with E-state index >= 15 is 0 Å². The molecule has 9 atom stereocenters. The number of methoxy groups -OCH3 is 1. The van der Waals surface area contributed by atoms with Crippen LogP contribution in [0, 0.1) is 34.5 Å². The van der Waals surface area contributed by atoms with E-state index in [1.165, 1.54) is 13.0 Å². The summed E-state index contributed by atoms with van der Waals surface area (Å²) in [5.41, 5.74) is -0.367. The van der Waals surface area contributed by atoms with Crippen LogP contribution in [-0.2, 0) is 23.9 Å². The standard InChI is InChI=1S/C24H32O7/c1-12(25)31-11-17(27)20-18(30-4)10-15-19-14(6-8-24(15,20)3)23(2)7-5-13(26)9-16(23)21(28)22(19)29/h5,7,9,14-15,18-22,28-29H,6,8,10-11H2,1-4H3/t14-,15-,18?,19+,20-,21?,22?,23+,24-/m0/s1.